The molecule has 2 N–H and O–H groups in total. The zero-order chi connectivity index (χ0) is 12.4. The summed E-state index contributed by atoms with van der Waals surface area (Å²) in [5.74, 6) is 0.760. The summed E-state index contributed by atoms with van der Waals surface area (Å²) in [5.41, 5.74) is 6.71. The SMILES string of the molecule is COCCc1cc2n(n1)CCC(N)C(=O)N2C. The van der Waals surface area contributed by atoms with Gasteiger partial charge in [0.1, 0.15) is 5.82 Å². The van der Waals surface area contributed by atoms with Gasteiger partial charge in [-0.05, 0) is 6.42 Å². The van der Waals surface area contributed by atoms with E-state index in [4.69, 9.17) is 10.5 Å². The van der Waals surface area contributed by atoms with E-state index in [1.807, 2.05) is 10.7 Å². The largest absolute Gasteiger partial charge is 0.384 e. The van der Waals surface area contributed by atoms with Crippen LogP contribution in [-0.2, 0) is 22.5 Å². The Bertz CT molecular complexity index is 416. The summed E-state index contributed by atoms with van der Waals surface area (Å²) in [6.45, 7) is 1.31. The van der Waals surface area contributed by atoms with Gasteiger partial charge in [0.05, 0.1) is 18.3 Å². The van der Waals surface area contributed by atoms with Gasteiger partial charge in [0.15, 0.2) is 0 Å². The van der Waals surface area contributed by atoms with Crippen LogP contribution in [0, 0.1) is 0 Å². The van der Waals surface area contributed by atoms with Gasteiger partial charge in [-0.1, -0.05) is 0 Å². The molecule has 0 fully saturated rings. The first kappa shape index (κ1) is 12.1. The Morgan fingerprint density at radius 3 is 3.12 bits per heavy atom. The molecule has 17 heavy (non-hydrogen) atoms. The van der Waals surface area contributed by atoms with E-state index in [2.05, 4.69) is 5.10 Å². The maximum absolute atomic E-state index is 11.9. The van der Waals surface area contributed by atoms with Crippen molar-refractivity contribution >= 4 is 11.7 Å². The molecule has 1 atom stereocenters. The first-order valence-corrected chi connectivity index (χ1v) is 5.72. The summed E-state index contributed by atoms with van der Waals surface area (Å²) < 4.78 is 6.86. The number of carbonyl (C=O) groups excluding carboxylic acids is 1. The molecular formula is C11H18N4O2. The van der Waals surface area contributed by atoms with Crippen LogP contribution in [-0.4, -0.2) is 42.5 Å². The molecule has 0 spiro atoms. The number of fused-ring (bicyclic) bond motifs is 1. The van der Waals surface area contributed by atoms with Crippen LogP contribution in [0.25, 0.3) is 0 Å². The lowest BCUT2D eigenvalue weighted by Gasteiger charge is -2.16. The van der Waals surface area contributed by atoms with Gasteiger partial charge in [-0.15, -0.1) is 0 Å². The zero-order valence-corrected chi connectivity index (χ0v) is 10.2. The number of nitrogens with zero attached hydrogens (tertiary/aromatic N) is 3. The van der Waals surface area contributed by atoms with Crippen LogP contribution in [0.15, 0.2) is 6.07 Å². The number of hydrogen-bond donors (Lipinski definition) is 1. The van der Waals surface area contributed by atoms with Gasteiger partial charge >= 0.3 is 0 Å². The number of methoxy groups -OCH3 is 1. The number of likely N-dealkylation sites (N-methyl/N-ethyl adjacent to an activating group) is 1. The number of carbonyl (C=O) groups is 1. The third-order valence-corrected chi connectivity index (χ3v) is 3.01. The second-order valence-electron chi connectivity index (χ2n) is 4.25. The van der Waals surface area contributed by atoms with E-state index in [9.17, 15) is 4.79 Å². The summed E-state index contributed by atoms with van der Waals surface area (Å²) in [7, 11) is 3.40. The van der Waals surface area contributed by atoms with Gasteiger partial charge in [-0.3, -0.25) is 9.69 Å². The highest BCUT2D eigenvalue weighted by Gasteiger charge is 2.26. The molecular weight excluding hydrogens is 220 g/mol. The van der Waals surface area contributed by atoms with Crippen LogP contribution < -0.4 is 10.6 Å². The van der Waals surface area contributed by atoms with Crippen LogP contribution >= 0.6 is 0 Å². The molecule has 94 valence electrons. The van der Waals surface area contributed by atoms with Crippen LogP contribution in [0.3, 0.4) is 0 Å². The van der Waals surface area contributed by atoms with Crippen molar-refractivity contribution in [3.05, 3.63) is 11.8 Å². The van der Waals surface area contributed by atoms with E-state index in [0.717, 1.165) is 17.9 Å². The van der Waals surface area contributed by atoms with Gasteiger partial charge in [-0.25, -0.2) is 4.68 Å². The topological polar surface area (TPSA) is 73.4 Å². The number of aromatic nitrogens is 2. The average molecular weight is 238 g/mol. The number of hydrogen-bond acceptors (Lipinski definition) is 4. The van der Waals surface area contributed by atoms with Gasteiger partial charge < -0.3 is 10.5 Å². The van der Waals surface area contributed by atoms with E-state index >= 15 is 0 Å². The number of nitrogens with two attached hydrogens (primary N) is 1. The van der Waals surface area contributed by atoms with Gasteiger partial charge in [-0.2, -0.15) is 5.10 Å². The summed E-state index contributed by atoms with van der Waals surface area (Å²) in [6.07, 6.45) is 1.38. The first-order chi connectivity index (χ1) is 8.13. The molecule has 0 bridgehead atoms. The summed E-state index contributed by atoms with van der Waals surface area (Å²) >= 11 is 0. The minimum Gasteiger partial charge on any atom is -0.384 e. The van der Waals surface area contributed by atoms with Crippen molar-refractivity contribution in [3.63, 3.8) is 0 Å². The predicted octanol–water partition coefficient (Wildman–Crippen LogP) is -0.234. The summed E-state index contributed by atoms with van der Waals surface area (Å²) in [6, 6.07) is 1.50. The fourth-order valence-electron chi connectivity index (χ4n) is 1.97. The van der Waals surface area contributed by atoms with E-state index in [0.29, 0.717) is 19.6 Å². The number of aryl methyl sites for hydroxylation is 1. The Morgan fingerprint density at radius 1 is 1.65 bits per heavy atom. The van der Waals surface area contributed by atoms with Gasteiger partial charge in [0.25, 0.3) is 0 Å². The molecule has 1 unspecified atom stereocenters. The maximum atomic E-state index is 11.9. The summed E-state index contributed by atoms with van der Waals surface area (Å²) in [4.78, 5) is 13.5. The predicted molar refractivity (Wildman–Crippen MR) is 63.8 cm³/mol. The first-order valence-electron chi connectivity index (χ1n) is 5.72. The fraction of sp³-hybridized carbons (Fsp3) is 0.636. The summed E-state index contributed by atoms with van der Waals surface area (Å²) in [5, 5.41) is 4.45. The third-order valence-electron chi connectivity index (χ3n) is 3.01. The van der Waals surface area contributed by atoms with E-state index < -0.39 is 6.04 Å². The lowest BCUT2D eigenvalue weighted by Crippen LogP contribution is -2.40. The van der Waals surface area contributed by atoms with Crippen LogP contribution in [0.2, 0.25) is 0 Å². The number of anilines is 1. The number of ether oxygens (including phenoxy) is 1. The molecule has 1 aromatic rings. The van der Waals surface area contributed by atoms with Crippen LogP contribution in [0.5, 0.6) is 0 Å². The van der Waals surface area contributed by atoms with Crippen molar-refractivity contribution < 1.29 is 9.53 Å². The van der Waals surface area contributed by atoms with Gasteiger partial charge in [0, 0.05) is 33.2 Å². The molecule has 2 heterocycles. The molecule has 1 amide bonds. The Hall–Kier alpha value is -1.40. The Kier molecular flexibility index (Phi) is 3.44. The highest BCUT2D eigenvalue weighted by molar-refractivity contribution is 5.96. The molecule has 0 aliphatic carbocycles. The van der Waals surface area contributed by atoms with Crippen LogP contribution in [0.4, 0.5) is 5.82 Å². The smallest absolute Gasteiger partial charge is 0.244 e. The monoisotopic (exact) mass is 238 g/mol. The molecule has 2 rings (SSSR count). The Morgan fingerprint density at radius 2 is 2.41 bits per heavy atom. The van der Waals surface area contributed by atoms with Crippen molar-refractivity contribution in [1.82, 2.24) is 9.78 Å². The lowest BCUT2D eigenvalue weighted by atomic mass is 10.2. The second-order valence-corrected chi connectivity index (χ2v) is 4.25. The van der Waals surface area contributed by atoms with Crippen molar-refractivity contribution in [2.75, 3.05) is 25.7 Å². The standard InChI is InChI=1S/C11H18N4O2/c1-14-10-7-8(4-6-17-2)13-15(10)5-3-9(12)11(14)16/h7,9H,3-6,12H2,1-2H3. The van der Waals surface area contributed by atoms with E-state index in [-0.39, 0.29) is 5.91 Å². The molecule has 0 saturated heterocycles. The molecule has 1 aliphatic heterocycles. The normalized spacial score (nSPS) is 20.3. The van der Waals surface area contributed by atoms with Crippen LogP contribution in [0.1, 0.15) is 12.1 Å². The molecule has 6 nitrogen and oxygen atoms in total. The average Bonchev–Trinajstić information content (AvgIpc) is 2.70. The minimum absolute atomic E-state index is 0.0538. The van der Waals surface area contributed by atoms with Crippen molar-refractivity contribution in [2.45, 2.75) is 25.4 Å². The minimum atomic E-state index is -0.427. The quantitative estimate of drug-likeness (QED) is 0.789. The third kappa shape index (κ3) is 2.32. The molecule has 6 heteroatoms. The maximum Gasteiger partial charge on any atom is 0.244 e. The van der Waals surface area contributed by atoms with Crippen molar-refractivity contribution in [2.24, 2.45) is 5.73 Å². The van der Waals surface area contributed by atoms with E-state index in [1.165, 1.54) is 0 Å². The molecule has 0 saturated carbocycles. The number of rotatable bonds is 3. The lowest BCUT2D eigenvalue weighted by molar-refractivity contribution is -0.119. The molecule has 0 radical (unpaired) electrons. The van der Waals surface area contributed by atoms with Crippen molar-refractivity contribution in [3.8, 4) is 0 Å². The fourth-order valence-corrected chi connectivity index (χ4v) is 1.97. The molecule has 1 aromatic heterocycles. The highest BCUT2D eigenvalue weighted by Crippen LogP contribution is 2.20. The number of amides is 1. The van der Waals surface area contributed by atoms with Crippen molar-refractivity contribution in [1.29, 1.82) is 0 Å². The Labute approximate surface area is 100 Å². The van der Waals surface area contributed by atoms with Gasteiger partial charge in [0.2, 0.25) is 5.91 Å². The van der Waals surface area contributed by atoms with E-state index in [1.54, 1.807) is 19.1 Å². The Balaban J connectivity index is 2.23. The molecule has 1 aliphatic rings. The highest BCUT2D eigenvalue weighted by atomic mass is 16.5. The zero-order valence-electron chi connectivity index (χ0n) is 10.2. The molecule has 0 aromatic carbocycles. The second kappa shape index (κ2) is 4.85.